The average molecular weight is 586 g/mol. The Kier molecular flexibility index (Phi) is 11.5. The summed E-state index contributed by atoms with van der Waals surface area (Å²) in [4.78, 5) is 28.7. The molecule has 196 valence electrons. The fourth-order valence-corrected chi connectivity index (χ4v) is 4.75. The van der Waals surface area contributed by atoms with Crippen molar-refractivity contribution >= 4 is 39.3 Å². The highest BCUT2D eigenvalue weighted by Gasteiger charge is 2.30. The lowest BCUT2D eigenvalue weighted by Gasteiger charge is -2.31. The number of carbonyl (C=O) groups is 2. The summed E-state index contributed by atoms with van der Waals surface area (Å²) in [6.07, 6.45) is 3.13. The molecule has 0 aliphatic carbocycles. The third kappa shape index (κ3) is 8.90. The lowest BCUT2D eigenvalue weighted by molar-refractivity contribution is -0.142. The zero-order valence-electron chi connectivity index (χ0n) is 21.4. The van der Waals surface area contributed by atoms with Crippen LogP contribution in [-0.4, -0.2) is 35.9 Å². The number of amides is 2. The number of ether oxygens (including phenoxy) is 1. The summed E-state index contributed by atoms with van der Waals surface area (Å²) in [5.41, 5.74) is 2.98. The first-order chi connectivity index (χ1) is 17.9. The molecule has 5 nitrogen and oxygen atoms in total. The van der Waals surface area contributed by atoms with Crippen molar-refractivity contribution in [3.63, 3.8) is 0 Å². The minimum Gasteiger partial charge on any atom is -0.483 e. The van der Waals surface area contributed by atoms with Gasteiger partial charge in [0.15, 0.2) is 6.61 Å². The second-order valence-electron chi connectivity index (χ2n) is 8.91. The first-order valence-electron chi connectivity index (χ1n) is 12.7. The lowest BCUT2D eigenvalue weighted by Crippen LogP contribution is -2.51. The Bertz CT molecular complexity index is 1170. The summed E-state index contributed by atoms with van der Waals surface area (Å²) in [7, 11) is 0. The molecule has 0 heterocycles. The van der Waals surface area contributed by atoms with E-state index in [9.17, 15) is 9.59 Å². The van der Waals surface area contributed by atoms with E-state index in [4.69, 9.17) is 16.3 Å². The van der Waals surface area contributed by atoms with Crippen molar-refractivity contribution in [2.45, 2.75) is 52.1 Å². The highest BCUT2D eigenvalue weighted by atomic mass is 79.9. The number of unbranched alkanes of at least 4 members (excludes halogenated alkanes) is 1. The highest BCUT2D eigenvalue weighted by Crippen LogP contribution is 2.26. The number of hydrogen-bond donors (Lipinski definition) is 1. The summed E-state index contributed by atoms with van der Waals surface area (Å²) in [5, 5.41) is 3.60. The van der Waals surface area contributed by atoms with Crippen molar-refractivity contribution in [3.05, 3.63) is 99.0 Å². The molecule has 0 fully saturated rings. The molecule has 3 aromatic rings. The highest BCUT2D eigenvalue weighted by molar-refractivity contribution is 9.10. The molecule has 7 heteroatoms. The molecule has 37 heavy (non-hydrogen) atoms. The van der Waals surface area contributed by atoms with Gasteiger partial charge in [0, 0.05) is 24.5 Å². The molecule has 0 radical (unpaired) electrons. The third-order valence-electron chi connectivity index (χ3n) is 6.10. The van der Waals surface area contributed by atoms with Gasteiger partial charge in [0.25, 0.3) is 5.91 Å². The molecule has 1 atom stereocenters. The number of halogens is 2. The van der Waals surface area contributed by atoms with E-state index in [0.717, 1.165) is 34.9 Å². The van der Waals surface area contributed by atoms with Gasteiger partial charge in [0.1, 0.15) is 11.8 Å². The SMILES string of the molecule is CCCCNC(=O)[C@@H](Cc1ccccc1)N(Cc1cccc(Cl)c1)C(=O)COc1ccc(CC)cc1Br. The molecule has 2 amide bonds. The Morgan fingerprint density at radius 3 is 2.41 bits per heavy atom. The summed E-state index contributed by atoms with van der Waals surface area (Å²) in [5.74, 6) is 0.124. The van der Waals surface area contributed by atoms with Crippen LogP contribution in [0.25, 0.3) is 0 Å². The predicted molar refractivity (Wildman–Crippen MR) is 153 cm³/mol. The number of nitrogens with one attached hydrogen (secondary N) is 1. The van der Waals surface area contributed by atoms with E-state index >= 15 is 0 Å². The van der Waals surface area contributed by atoms with E-state index < -0.39 is 6.04 Å². The molecule has 0 aliphatic heterocycles. The maximum absolute atomic E-state index is 13.7. The second kappa shape index (κ2) is 14.8. The summed E-state index contributed by atoms with van der Waals surface area (Å²) in [6, 6.07) is 22.2. The predicted octanol–water partition coefficient (Wildman–Crippen LogP) is 6.60. The Morgan fingerprint density at radius 1 is 0.973 bits per heavy atom. The monoisotopic (exact) mass is 584 g/mol. The normalized spacial score (nSPS) is 11.6. The molecule has 1 N–H and O–H groups in total. The van der Waals surface area contributed by atoms with Crippen LogP contribution in [-0.2, 0) is 29.0 Å². The van der Waals surface area contributed by atoms with Crippen LogP contribution in [0.3, 0.4) is 0 Å². The molecular weight excluding hydrogens is 552 g/mol. The van der Waals surface area contributed by atoms with E-state index in [1.807, 2.05) is 66.7 Å². The molecular formula is C30H34BrClN2O3. The Morgan fingerprint density at radius 2 is 1.73 bits per heavy atom. The Hall–Kier alpha value is -2.83. The quantitative estimate of drug-likeness (QED) is 0.230. The molecule has 3 aromatic carbocycles. The van der Waals surface area contributed by atoms with E-state index in [1.165, 1.54) is 5.56 Å². The van der Waals surface area contributed by atoms with Gasteiger partial charge in [-0.2, -0.15) is 0 Å². The number of benzene rings is 3. The van der Waals surface area contributed by atoms with Gasteiger partial charge < -0.3 is 15.0 Å². The molecule has 0 aliphatic rings. The van der Waals surface area contributed by atoms with Crippen molar-refractivity contribution < 1.29 is 14.3 Å². The van der Waals surface area contributed by atoms with Crippen LogP contribution in [0.4, 0.5) is 0 Å². The van der Waals surface area contributed by atoms with E-state index in [1.54, 1.807) is 11.0 Å². The fraction of sp³-hybridized carbons (Fsp3) is 0.333. The standard InChI is InChI=1S/C30H34BrClN2O3/c1-3-5-16-33-30(36)27(19-23-10-7-6-8-11-23)34(20-24-12-9-13-25(32)17-24)29(35)21-37-28-15-14-22(4-2)18-26(28)31/h6-15,17-18,27H,3-5,16,19-21H2,1-2H3,(H,33,36)/t27-/m1/s1. The second-order valence-corrected chi connectivity index (χ2v) is 10.2. The maximum atomic E-state index is 13.7. The van der Waals surface area contributed by atoms with E-state index in [-0.39, 0.29) is 25.0 Å². The maximum Gasteiger partial charge on any atom is 0.261 e. The van der Waals surface area contributed by atoms with E-state index in [2.05, 4.69) is 35.1 Å². The van der Waals surface area contributed by atoms with Gasteiger partial charge in [-0.05, 0) is 69.7 Å². The molecule has 0 saturated carbocycles. The van der Waals surface area contributed by atoms with Crippen molar-refractivity contribution in [1.29, 1.82) is 0 Å². The zero-order chi connectivity index (χ0) is 26.6. The van der Waals surface area contributed by atoms with Crippen molar-refractivity contribution in [1.82, 2.24) is 10.2 Å². The van der Waals surface area contributed by atoms with Crippen LogP contribution >= 0.6 is 27.5 Å². The molecule has 0 aromatic heterocycles. The molecule has 0 saturated heterocycles. The number of carbonyl (C=O) groups excluding carboxylic acids is 2. The number of aryl methyl sites for hydroxylation is 1. The minimum absolute atomic E-state index is 0.179. The molecule has 0 bridgehead atoms. The molecule has 0 spiro atoms. The number of nitrogens with zero attached hydrogens (tertiary/aromatic N) is 1. The van der Waals surface area contributed by atoms with Gasteiger partial charge in [-0.25, -0.2) is 0 Å². The van der Waals surface area contributed by atoms with Gasteiger partial charge in [0.05, 0.1) is 4.47 Å². The largest absolute Gasteiger partial charge is 0.483 e. The third-order valence-corrected chi connectivity index (χ3v) is 6.95. The van der Waals surface area contributed by atoms with Crippen LogP contribution < -0.4 is 10.1 Å². The number of hydrogen-bond acceptors (Lipinski definition) is 3. The first kappa shape index (κ1) is 28.7. The van der Waals surface area contributed by atoms with Gasteiger partial charge in [-0.15, -0.1) is 0 Å². The van der Waals surface area contributed by atoms with Crippen LogP contribution in [0, 0.1) is 0 Å². The number of rotatable bonds is 13. The van der Waals surface area contributed by atoms with Gasteiger partial charge >= 0.3 is 0 Å². The van der Waals surface area contributed by atoms with Crippen molar-refractivity contribution in [2.75, 3.05) is 13.2 Å². The zero-order valence-corrected chi connectivity index (χ0v) is 23.7. The lowest BCUT2D eigenvalue weighted by atomic mass is 10.0. The van der Waals surface area contributed by atoms with Gasteiger partial charge in [0.2, 0.25) is 5.91 Å². The summed E-state index contributed by atoms with van der Waals surface area (Å²) in [6.45, 7) is 4.76. The Labute approximate surface area is 233 Å². The Balaban J connectivity index is 1.89. The summed E-state index contributed by atoms with van der Waals surface area (Å²) < 4.78 is 6.71. The van der Waals surface area contributed by atoms with Crippen LogP contribution in [0.2, 0.25) is 5.02 Å². The van der Waals surface area contributed by atoms with Crippen LogP contribution in [0.5, 0.6) is 5.75 Å². The smallest absolute Gasteiger partial charge is 0.261 e. The minimum atomic E-state index is -0.708. The van der Waals surface area contributed by atoms with Crippen molar-refractivity contribution in [3.8, 4) is 5.75 Å². The topological polar surface area (TPSA) is 58.6 Å². The average Bonchev–Trinajstić information content (AvgIpc) is 2.90. The van der Waals surface area contributed by atoms with Crippen LogP contribution in [0.1, 0.15) is 43.4 Å². The van der Waals surface area contributed by atoms with Crippen LogP contribution in [0.15, 0.2) is 77.3 Å². The van der Waals surface area contributed by atoms with Gasteiger partial charge in [-0.3, -0.25) is 9.59 Å². The fourth-order valence-electron chi connectivity index (χ4n) is 4.00. The first-order valence-corrected chi connectivity index (χ1v) is 13.8. The van der Waals surface area contributed by atoms with Crippen molar-refractivity contribution in [2.24, 2.45) is 0 Å². The van der Waals surface area contributed by atoms with E-state index in [0.29, 0.717) is 23.7 Å². The molecule has 0 unspecified atom stereocenters. The van der Waals surface area contributed by atoms with Gasteiger partial charge in [-0.1, -0.05) is 80.4 Å². The molecule has 3 rings (SSSR count). The summed E-state index contributed by atoms with van der Waals surface area (Å²) >= 11 is 9.77.